The van der Waals surface area contributed by atoms with E-state index in [1.165, 1.54) is 55.3 Å². The minimum Gasteiger partial charge on any atom is -0.355 e. The standard InChI is InChI=1S/C44H33N5/c1-46-28-48(41-20-8-7-19-40(41)46)32-13-10-14-33(27-32)49-42-25-30(35-16-9-12-29-11-3-4-15-34(29)35)21-23-36(42)37-24-22-31(26-43(37)49)44-45-38-17-5-6-18-39(38)47(44)2/h3-27H,28H2,1-2H3. The molecule has 0 atom stereocenters. The van der Waals surface area contributed by atoms with Gasteiger partial charge in [0.25, 0.3) is 0 Å². The molecule has 0 radical (unpaired) electrons. The second-order valence-electron chi connectivity index (χ2n) is 13.1. The molecule has 5 heteroatoms. The maximum absolute atomic E-state index is 5.07. The van der Waals surface area contributed by atoms with Gasteiger partial charge in [0.05, 0.1) is 40.1 Å². The Bertz CT molecular complexity index is 2740. The topological polar surface area (TPSA) is 29.2 Å². The first kappa shape index (κ1) is 27.8. The molecule has 0 fully saturated rings. The summed E-state index contributed by atoms with van der Waals surface area (Å²) in [5.74, 6) is 0.960. The molecular formula is C44H33N5. The summed E-state index contributed by atoms with van der Waals surface area (Å²) < 4.78 is 4.64. The lowest BCUT2D eigenvalue weighted by molar-refractivity contribution is 0.948. The van der Waals surface area contributed by atoms with Gasteiger partial charge in [-0.1, -0.05) is 97.1 Å². The van der Waals surface area contributed by atoms with Gasteiger partial charge in [-0.15, -0.1) is 0 Å². The average Bonchev–Trinajstić information content (AvgIpc) is 3.79. The van der Waals surface area contributed by atoms with E-state index in [2.05, 4.69) is 185 Å². The third kappa shape index (κ3) is 4.22. The fourth-order valence-corrected chi connectivity index (χ4v) is 7.88. The van der Waals surface area contributed by atoms with Gasteiger partial charge in [-0.3, -0.25) is 0 Å². The minimum absolute atomic E-state index is 0.804. The Kier molecular flexibility index (Phi) is 6.00. The first-order valence-electron chi connectivity index (χ1n) is 16.8. The molecule has 234 valence electrons. The number of rotatable bonds is 4. The smallest absolute Gasteiger partial charge is 0.140 e. The number of imidazole rings is 1. The fraction of sp³-hybridized carbons (Fsp3) is 0.0682. The summed E-state index contributed by atoms with van der Waals surface area (Å²) in [6.07, 6.45) is 0. The number of anilines is 3. The SMILES string of the molecule is CN1CN(c2cccc(-n3c4cc(-c5cccc6ccccc56)ccc4c4ccc(-c5nc6ccccc6n5C)cc43)c2)c2ccccc21. The van der Waals surface area contributed by atoms with Gasteiger partial charge in [-0.2, -0.15) is 0 Å². The van der Waals surface area contributed by atoms with Crippen LogP contribution < -0.4 is 9.80 Å². The van der Waals surface area contributed by atoms with Crippen molar-refractivity contribution in [2.24, 2.45) is 7.05 Å². The fourth-order valence-electron chi connectivity index (χ4n) is 7.88. The van der Waals surface area contributed by atoms with E-state index in [0.717, 1.165) is 40.3 Å². The van der Waals surface area contributed by atoms with Crippen LogP contribution in [0.25, 0.3) is 71.8 Å². The van der Waals surface area contributed by atoms with E-state index < -0.39 is 0 Å². The average molecular weight is 632 g/mol. The monoisotopic (exact) mass is 631 g/mol. The maximum atomic E-state index is 5.07. The summed E-state index contributed by atoms with van der Waals surface area (Å²) in [7, 11) is 4.27. The zero-order valence-corrected chi connectivity index (χ0v) is 27.4. The number of hydrogen-bond donors (Lipinski definition) is 0. The first-order valence-corrected chi connectivity index (χ1v) is 16.8. The summed E-state index contributed by atoms with van der Waals surface area (Å²) in [5.41, 5.74) is 12.8. The Balaban J connectivity index is 1.22. The van der Waals surface area contributed by atoms with Gasteiger partial charge in [-0.05, 0) is 76.5 Å². The lowest BCUT2D eigenvalue weighted by Gasteiger charge is -2.21. The Morgan fingerprint density at radius 2 is 1.18 bits per heavy atom. The zero-order valence-electron chi connectivity index (χ0n) is 27.4. The van der Waals surface area contributed by atoms with Gasteiger partial charge in [0, 0.05) is 41.8 Å². The molecule has 7 aromatic carbocycles. The second-order valence-corrected chi connectivity index (χ2v) is 13.1. The van der Waals surface area contributed by atoms with Crippen molar-refractivity contribution in [2.45, 2.75) is 0 Å². The number of fused-ring (bicyclic) bond motifs is 6. The van der Waals surface area contributed by atoms with E-state index in [9.17, 15) is 0 Å². The van der Waals surface area contributed by atoms with Crippen molar-refractivity contribution < 1.29 is 0 Å². The van der Waals surface area contributed by atoms with Gasteiger partial charge in [0.15, 0.2) is 0 Å². The van der Waals surface area contributed by atoms with Crippen LogP contribution in [0.1, 0.15) is 0 Å². The van der Waals surface area contributed by atoms with Crippen LogP contribution in [0.4, 0.5) is 17.1 Å². The van der Waals surface area contributed by atoms with E-state index in [4.69, 9.17) is 4.98 Å². The zero-order chi connectivity index (χ0) is 32.6. The van der Waals surface area contributed by atoms with Crippen LogP contribution in [0.15, 0.2) is 152 Å². The lowest BCUT2D eigenvalue weighted by Crippen LogP contribution is -2.24. The van der Waals surface area contributed by atoms with Crippen molar-refractivity contribution in [1.29, 1.82) is 0 Å². The number of aromatic nitrogens is 3. The predicted molar refractivity (Wildman–Crippen MR) is 205 cm³/mol. The van der Waals surface area contributed by atoms with Crippen LogP contribution >= 0.6 is 0 Å². The van der Waals surface area contributed by atoms with Crippen molar-refractivity contribution in [1.82, 2.24) is 14.1 Å². The molecule has 0 aliphatic carbocycles. The predicted octanol–water partition coefficient (Wildman–Crippen LogP) is 10.7. The van der Waals surface area contributed by atoms with E-state index in [-0.39, 0.29) is 0 Å². The first-order chi connectivity index (χ1) is 24.1. The molecule has 0 saturated carbocycles. The Morgan fingerprint density at radius 1 is 0.510 bits per heavy atom. The molecule has 9 aromatic rings. The molecule has 3 heterocycles. The largest absolute Gasteiger partial charge is 0.355 e. The molecule has 0 saturated heterocycles. The van der Waals surface area contributed by atoms with Crippen LogP contribution in [-0.4, -0.2) is 27.8 Å². The van der Waals surface area contributed by atoms with Crippen LogP contribution in [0.2, 0.25) is 0 Å². The van der Waals surface area contributed by atoms with Crippen molar-refractivity contribution in [2.75, 3.05) is 23.5 Å². The number of para-hydroxylation sites is 4. The van der Waals surface area contributed by atoms with Gasteiger partial charge in [-0.25, -0.2) is 4.98 Å². The van der Waals surface area contributed by atoms with Crippen LogP contribution in [-0.2, 0) is 7.05 Å². The third-order valence-corrected chi connectivity index (χ3v) is 10.3. The summed E-state index contributed by atoms with van der Waals surface area (Å²) in [6, 6.07) is 55.0. The third-order valence-electron chi connectivity index (χ3n) is 10.3. The molecule has 1 aliphatic rings. The van der Waals surface area contributed by atoms with Gasteiger partial charge in [0.1, 0.15) is 5.82 Å². The van der Waals surface area contributed by atoms with Crippen molar-refractivity contribution in [3.05, 3.63) is 152 Å². The number of benzene rings is 7. The van der Waals surface area contributed by atoms with Crippen molar-refractivity contribution in [3.63, 3.8) is 0 Å². The van der Waals surface area contributed by atoms with Crippen molar-refractivity contribution >= 4 is 60.7 Å². The summed E-state index contributed by atoms with van der Waals surface area (Å²) in [5, 5.41) is 4.96. The molecule has 49 heavy (non-hydrogen) atoms. The van der Waals surface area contributed by atoms with Gasteiger partial charge >= 0.3 is 0 Å². The molecule has 0 amide bonds. The molecular weight excluding hydrogens is 599 g/mol. The molecule has 10 rings (SSSR count). The van der Waals surface area contributed by atoms with Crippen LogP contribution in [0, 0.1) is 0 Å². The lowest BCUT2D eigenvalue weighted by atomic mass is 9.97. The number of hydrogen-bond acceptors (Lipinski definition) is 3. The molecule has 0 spiro atoms. The summed E-state index contributed by atoms with van der Waals surface area (Å²) >= 11 is 0. The van der Waals surface area contributed by atoms with E-state index in [0.29, 0.717) is 0 Å². The molecule has 0 bridgehead atoms. The highest BCUT2D eigenvalue weighted by Crippen LogP contribution is 2.42. The Hall–Kier alpha value is -6.33. The number of nitrogens with zero attached hydrogens (tertiary/aromatic N) is 5. The van der Waals surface area contributed by atoms with Gasteiger partial charge < -0.3 is 18.9 Å². The molecule has 2 aromatic heterocycles. The van der Waals surface area contributed by atoms with Crippen LogP contribution in [0.3, 0.4) is 0 Å². The molecule has 0 N–H and O–H groups in total. The normalized spacial score (nSPS) is 12.9. The Morgan fingerprint density at radius 3 is 2.04 bits per heavy atom. The van der Waals surface area contributed by atoms with E-state index in [1.807, 2.05) is 0 Å². The summed E-state index contributed by atoms with van der Waals surface area (Å²) in [6.45, 7) is 0.804. The minimum atomic E-state index is 0.804. The molecule has 0 unspecified atom stereocenters. The highest BCUT2D eigenvalue weighted by Gasteiger charge is 2.25. The molecule has 1 aliphatic heterocycles. The van der Waals surface area contributed by atoms with E-state index in [1.54, 1.807) is 0 Å². The maximum Gasteiger partial charge on any atom is 0.140 e. The quantitative estimate of drug-likeness (QED) is 0.194. The van der Waals surface area contributed by atoms with Crippen molar-refractivity contribution in [3.8, 4) is 28.2 Å². The number of aryl methyl sites for hydroxylation is 1. The Labute approximate surface area is 284 Å². The highest BCUT2D eigenvalue weighted by atomic mass is 15.4. The van der Waals surface area contributed by atoms with Crippen LogP contribution in [0.5, 0.6) is 0 Å². The highest BCUT2D eigenvalue weighted by molar-refractivity contribution is 6.12. The second kappa shape index (κ2) is 10.6. The molecule has 5 nitrogen and oxygen atoms in total. The van der Waals surface area contributed by atoms with E-state index >= 15 is 0 Å². The summed E-state index contributed by atoms with van der Waals surface area (Å²) in [4.78, 5) is 9.78. The van der Waals surface area contributed by atoms with Gasteiger partial charge in [0.2, 0.25) is 0 Å².